The Morgan fingerprint density at radius 3 is 2.67 bits per heavy atom. The summed E-state index contributed by atoms with van der Waals surface area (Å²) in [6.45, 7) is 5.78. The normalized spacial score (nSPS) is 31.6. The summed E-state index contributed by atoms with van der Waals surface area (Å²) in [4.78, 5) is 0. The first-order chi connectivity index (χ1) is 8.70. The van der Waals surface area contributed by atoms with Crippen molar-refractivity contribution in [3.8, 4) is 6.07 Å². The molecular formula is C15H26N2O. The van der Waals surface area contributed by atoms with Gasteiger partial charge in [-0.2, -0.15) is 5.26 Å². The maximum Gasteiger partial charge on any atom is 0.133 e. The molecule has 0 radical (unpaired) electrons. The fraction of sp³-hybridized carbons (Fsp3) is 0.933. The number of nitriles is 1. The highest BCUT2D eigenvalue weighted by Crippen LogP contribution is 2.40. The van der Waals surface area contributed by atoms with Crippen LogP contribution in [0.5, 0.6) is 0 Å². The first-order valence-corrected chi connectivity index (χ1v) is 7.48. The van der Waals surface area contributed by atoms with Crippen LogP contribution in [0.4, 0.5) is 0 Å². The standard InChI is InChI=1S/C15H26N2O/c1-3-17-15(10-16,13-7-8-13)11-18-14-6-4-5-12(2)9-14/h12-14,17H,3-9,11H2,1-2H3. The van der Waals surface area contributed by atoms with Crippen molar-refractivity contribution < 1.29 is 4.74 Å². The molecule has 0 aromatic rings. The van der Waals surface area contributed by atoms with Crippen molar-refractivity contribution in [1.82, 2.24) is 5.32 Å². The molecule has 3 nitrogen and oxygen atoms in total. The summed E-state index contributed by atoms with van der Waals surface area (Å²) in [7, 11) is 0. The van der Waals surface area contributed by atoms with Gasteiger partial charge in [0.1, 0.15) is 5.54 Å². The van der Waals surface area contributed by atoms with Crippen molar-refractivity contribution in [2.75, 3.05) is 13.2 Å². The second-order valence-electron chi connectivity index (χ2n) is 6.09. The monoisotopic (exact) mass is 250 g/mol. The zero-order valence-electron chi connectivity index (χ0n) is 11.7. The van der Waals surface area contributed by atoms with E-state index in [1.54, 1.807) is 0 Å². The summed E-state index contributed by atoms with van der Waals surface area (Å²) in [5.74, 6) is 1.28. The molecule has 2 saturated carbocycles. The van der Waals surface area contributed by atoms with Gasteiger partial charge in [-0.15, -0.1) is 0 Å². The number of hydrogen-bond acceptors (Lipinski definition) is 3. The number of hydrogen-bond donors (Lipinski definition) is 1. The molecule has 18 heavy (non-hydrogen) atoms. The van der Waals surface area contributed by atoms with E-state index in [9.17, 15) is 5.26 Å². The molecule has 0 aromatic carbocycles. The van der Waals surface area contributed by atoms with Gasteiger partial charge in [0.05, 0.1) is 18.8 Å². The van der Waals surface area contributed by atoms with E-state index in [0.29, 0.717) is 18.6 Å². The first kappa shape index (κ1) is 13.8. The Balaban J connectivity index is 1.87. The van der Waals surface area contributed by atoms with Gasteiger partial charge in [0.2, 0.25) is 0 Å². The summed E-state index contributed by atoms with van der Waals surface area (Å²) >= 11 is 0. The Morgan fingerprint density at radius 1 is 1.33 bits per heavy atom. The van der Waals surface area contributed by atoms with Gasteiger partial charge in [0.25, 0.3) is 0 Å². The number of nitrogens with zero attached hydrogens (tertiary/aromatic N) is 1. The van der Waals surface area contributed by atoms with Crippen LogP contribution in [-0.2, 0) is 4.74 Å². The van der Waals surface area contributed by atoms with Crippen LogP contribution in [0.3, 0.4) is 0 Å². The smallest absolute Gasteiger partial charge is 0.133 e. The van der Waals surface area contributed by atoms with Crippen LogP contribution in [0.25, 0.3) is 0 Å². The SMILES string of the molecule is CCNC(C#N)(COC1CCCC(C)C1)C1CC1. The van der Waals surface area contributed by atoms with E-state index in [1.165, 1.54) is 32.1 Å². The minimum atomic E-state index is -0.421. The summed E-state index contributed by atoms with van der Waals surface area (Å²) in [5.41, 5.74) is -0.421. The van der Waals surface area contributed by atoms with E-state index in [2.05, 4.69) is 25.2 Å². The molecule has 3 atom stereocenters. The van der Waals surface area contributed by atoms with Crippen LogP contribution in [0, 0.1) is 23.2 Å². The molecule has 0 saturated heterocycles. The number of ether oxygens (including phenoxy) is 1. The molecule has 0 amide bonds. The van der Waals surface area contributed by atoms with Crippen molar-refractivity contribution >= 4 is 0 Å². The summed E-state index contributed by atoms with van der Waals surface area (Å²) in [5, 5.41) is 12.9. The Bertz CT molecular complexity index is 308. The van der Waals surface area contributed by atoms with Gasteiger partial charge in [-0.05, 0) is 44.1 Å². The predicted molar refractivity (Wildman–Crippen MR) is 72.1 cm³/mol. The lowest BCUT2D eigenvalue weighted by Crippen LogP contribution is -2.50. The van der Waals surface area contributed by atoms with Crippen LogP contribution < -0.4 is 5.32 Å². The molecule has 3 heteroatoms. The summed E-state index contributed by atoms with van der Waals surface area (Å²) < 4.78 is 6.08. The van der Waals surface area contributed by atoms with Crippen molar-refractivity contribution in [3.05, 3.63) is 0 Å². The summed E-state index contributed by atoms with van der Waals surface area (Å²) in [6, 6.07) is 2.49. The highest BCUT2D eigenvalue weighted by atomic mass is 16.5. The Kier molecular flexibility index (Phi) is 4.64. The quantitative estimate of drug-likeness (QED) is 0.788. The van der Waals surface area contributed by atoms with E-state index >= 15 is 0 Å². The average molecular weight is 250 g/mol. The fourth-order valence-corrected chi connectivity index (χ4v) is 3.15. The maximum atomic E-state index is 9.51. The van der Waals surface area contributed by atoms with Crippen LogP contribution in [0.2, 0.25) is 0 Å². The minimum absolute atomic E-state index is 0.374. The van der Waals surface area contributed by atoms with E-state index in [0.717, 1.165) is 18.9 Å². The van der Waals surface area contributed by atoms with Crippen LogP contribution in [-0.4, -0.2) is 24.8 Å². The van der Waals surface area contributed by atoms with Crippen LogP contribution in [0.1, 0.15) is 52.4 Å². The lowest BCUT2D eigenvalue weighted by molar-refractivity contribution is -0.0111. The molecule has 0 aromatic heterocycles. The molecule has 1 N–H and O–H groups in total. The fourth-order valence-electron chi connectivity index (χ4n) is 3.15. The molecule has 0 bridgehead atoms. The second-order valence-corrected chi connectivity index (χ2v) is 6.09. The highest BCUT2D eigenvalue weighted by molar-refractivity contribution is 5.15. The highest BCUT2D eigenvalue weighted by Gasteiger charge is 2.46. The molecule has 2 aliphatic rings. The van der Waals surface area contributed by atoms with Gasteiger partial charge in [-0.25, -0.2) is 0 Å². The van der Waals surface area contributed by atoms with Crippen LogP contribution in [0.15, 0.2) is 0 Å². The maximum absolute atomic E-state index is 9.51. The van der Waals surface area contributed by atoms with Gasteiger partial charge < -0.3 is 4.74 Å². The minimum Gasteiger partial charge on any atom is -0.375 e. The molecule has 3 unspecified atom stereocenters. The first-order valence-electron chi connectivity index (χ1n) is 7.48. The Labute approximate surface area is 111 Å². The molecule has 2 rings (SSSR count). The zero-order chi connectivity index (χ0) is 13.0. The molecular weight excluding hydrogens is 224 g/mol. The van der Waals surface area contributed by atoms with Gasteiger partial charge >= 0.3 is 0 Å². The largest absolute Gasteiger partial charge is 0.375 e. The second kappa shape index (κ2) is 6.04. The number of likely N-dealkylation sites (N-methyl/N-ethyl adjacent to an activating group) is 1. The zero-order valence-corrected chi connectivity index (χ0v) is 11.7. The van der Waals surface area contributed by atoms with Gasteiger partial charge in [0.15, 0.2) is 0 Å². The van der Waals surface area contributed by atoms with E-state index in [1.807, 2.05) is 0 Å². The van der Waals surface area contributed by atoms with E-state index in [4.69, 9.17) is 4.74 Å². The van der Waals surface area contributed by atoms with Crippen molar-refractivity contribution in [2.24, 2.45) is 11.8 Å². The average Bonchev–Trinajstić information content (AvgIpc) is 3.19. The molecule has 0 heterocycles. The lowest BCUT2D eigenvalue weighted by atomic mass is 9.88. The van der Waals surface area contributed by atoms with E-state index in [-0.39, 0.29) is 0 Å². The molecule has 102 valence electrons. The van der Waals surface area contributed by atoms with Gasteiger partial charge in [0, 0.05) is 0 Å². The Hall–Kier alpha value is -0.590. The van der Waals surface area contributed by atoms with Crippen LogP contribution >= 0.6 is 0 Å². The van der Waals surface area contributed by atoms with Crippen molar-refractivity contribution in [2.45, 2.75) is 64.0 Å². The number of rotatable bonds is 6. The lowest BCUT2D eigenvalue weighted by Gasteiger charge is -2.32. The summed E-state index contributed by atoms with van der Waals surface area (Å²) in [6.07, 6.45) is 7.66. The Morgan fingerprint density at radius 2 is 2.11 bits per heavy atom. The molecule has 0 aliphatic heterocycles. The topological polar surface area (TPSA) is 45.0 Å². The van der Waals surface area contributed by atoms with Gasteiger partial charge in [-0.1, -0.05) is 26.7 Å². The number of nitrogens with one attached hydrogen (secondary N) is 1. The third kappa shape index (κ3) is 3.24. The predicted octanol–water partition coefficient (Wildman–Crippen LogP) is 2.86. The van der Waals surface area contributed by atoms with Crippen molar-refractivity contribution in [1.29, 1.82) is 5.26 Å². The molecule has 2 fully saturated rings. The van der Waals surface area contributed by atoms with Gasteiger partial charge in [-0.3, -0.25) is 5.32 Å². The molecule has 0 spiro atoms. The third-order valence-electron chi connectivity index (χ3n) is 4.40. The van der Waals surface area contributed by atoms with E-state index < -0.39 is 5.54 Å². The molecule has 2 aliphatic carbocycles. The van der Waals surface area contributed by atoms with Crippen molar-refractivity contribution in [3.63, 3.8) is 0 Å². The third-order valence-corrected chi connectivity index (χ3v) is 4.40.